The number of benzene rings is 1. The lowest BCUT2D eigenvalue weighted by Crippen LogP contribution is -2.59. The van der Waals surface area contributed by atoms with Gasteiger partial charge in [0.15, 0.2) is 0 Å². The number of amides is 3. The molecule has 9 nitrogen and oxygen atoms in total. The topological polar surface area (TPSA) is 99.6 Å². The van der Waals surface area contributed by atoms with Crippen molar-refractivity contribution in [3.8, 4) is 5.75 Å². The normalized spacial score (nSPS) is 29.1. The number of hydrogen-bond acceptors (Lipinski definition) is 6. The Bertz CT molecular complexity index is 1250. The van der Waals surface area contributed by atoms with Gasteiger partial charge in [-0.15, -0.1) is 13.2 Å². The predicted molar refractivity (Wildman–Crippen MR) is 176 cm³/mol. The van der Waals surface area contributed by atoms with Crippen molar-refractivity contribution < 1.29 is 29.0 Å². The first-order chi connectivity index (χ1) is 21.4. The van der Waals surface area contributed by atoms with Gasteiger partial charge in [-0.3, -0.25) is 14.4 Å². The van der Waals surface area contributed by atoms with Gasteiger partial charge in [0.05, 0.1) is 36.7 Å². The number of hydrogen-bond donors (Lipinski definition) is 1. The van der Waals surface area contributed by atoms with Crippen LogP contribution in [0.5, 0.6) is 5.75 Å². The molecule has 1 aromatic rings. The summed E-state index contributed by atoms with van der Waals surface area (Å²) in [5, 5.41) is 10.6. The van der Waals surface area contributed by atoms with Crippen LogP contribution in [0.1, 0.15) is 67.2 Å². The molecule has 3 amide bonds. The summed E-state index contributed by atoms with van der Waals surface area (Å²) in [5.74, 6) is -1.66. The maximum Gasteiger partial charge on any atom is 0.248 e. The summed E-state index contributed by atoms with van der Waals surface area (Å²) in [6.07, 6.45) is 6.07. The summed E-state index contributed by atoms with van der Waals surface area (Å²) in [7, 11) is 0. The Morgan fingerprint density at radius 2 is 1.82 bits per heavy atom. The number of nitrogens with zero attached hydrogens (tertiary/aromatic N) is 3. The third-order valence-corrected chi connectivity index (χ3v) is 10.1. The van der Waals surface area contributed by atoms with Crippen molar-refractivity contribution in [2.45, 2.75) is 90.5 Å². The Labute approximate surface area is 269 Å². The summed E-state index contributed by atoms with van der Waals surface area (Å²) in [5.41, 5.74) is -1.50. The molecule has 0 saturated carbocycles. The molecule has 248 valence electrons. The molecule has 4 rings (SSSR count). The number of carbonyl (C=O) groups is 3. The highest BCUT2D eigenvalue weighted by molar-refractivity contribution is 6.03. The van der Waals surface area contributed by atoms with E-state index in [9.17, 15) is 19.5 Å². The maximum atomic E-state index is 14.8. The molecular formula is C36H53N3O6. The molecular weight excluding hydrogens is 570 g/mol. The van der Waals surface area contributed by atoms with E-state index in [1.165, 1.54) is 0 Å². The van der Waals surface area contributed by atoms with Crippen LogP contribution in [0, 0.1) is 23.7 Å². The number of ether oxygens (including phenoxy) is 2. The van der Waals surface area contributed by atoms with Crippen LogP contribution in [0.25, 0.3) is 0 Å². The van der Waals surface area contributed by atoms with Crippen molar-refractivity contribution in [2.24, 2.45) is 23.7 Å². The third-order valence-electron chi connectivity index (χ3n) is 10.1. The molecule has 45 heavy (non-hydrogen) atoms. The molecule has 3 unspecified atom stereocenters. The molecule has 7 atom stereocenters. The number of fused-ring (bicyclic) bond motifs is 1. The molecule has 3 saturated heterocycles. The van der Waals surface area contributed by atoms with E-state index in [4.69, 9.17) is 9.47 Å². The van der Waals surface area contributed by atoms with Crippen molar-refractivity contribution in [1.29, 1.82) is 0 Å². The fourth-order valence-electron chi connectivity index (χ4n) is 8.02. The average Bonchev–Trinajstić information content (AvgIpc) is 3.53. The van der Waals surface area contributed by atoms with E-state index < -0.39 is 35.1 Å². The van der Waals surface area contributed by atoms with E-state index in [1.54, 1.807) is 26.9 Å². The molecule has 1 aromatic carbocycles. The number of anilines is 1. The number of likely N-dealkylation sites (tertiary alicyclic amines) is 1. The van der Waals surface area contributed by atoms with Crippen molar-refractivity contribution in [3.63, 3.8) is 0 Å². The summed E-state index contributed by atoms with van der Waals surface area (Å²) < 4.78 is 12.6. The maximum absolute atomic E-state index is 14.8. The van der Waals surface area contributed by atoms with Crippen LogP contribution in [-0.4, -0.2) is 88.8 Å². The molecule has 9 heteroatoms. The van der Waals surface area contributed by atoms with Gasteiger partial charge in [0.2, 0.25) is 17.7 Å². The SMILES string of the molecule is C=CCN(CCCC)C(=O)C1N([C@@H](CO)CC(C)C)C(=O)[C@@H]2[C@@H](C(=O)N(CC=C)c3ccc(OCC)cc3)[C@]3(C)OC12CC3C. The fourth-order valence-corrected chi connectivity index (χ4v) is 8.02. The molecule has 2 bridgehead atoms. The summed E-state index contributed by atoms with van der Waals surface area (Å²) in [6, 6.07) is 5.78. The molecule has 0 radical (unpaired) electrons. The van der Waals surface area contributed by atoms with Gasteiger partial charge in [-0.1, -0.05) is 46.3 Å². The van der Waals surface area contributed by atoms with E-state index in [0.29, 0.717) is 44.0 Å². The summed E-state index contributed by atoms with van der Waals surface area (Å²) in [6.45, 7) is 21.2. The lowest BCUT2D eigenvalue weighted by molar-refractivity contribution is -0.155. The lowest BCUT2D eigenvalue weighted by atomic mass is 9.62. The number of unbranched alkanes of at least 4 members (excludes halogenated alkanes) is 1. The van der Waals surface area contributed by atoms with Crippen LogP contribution in [0.2, 0.25) is 0 Å². The minimum absolute atomic E-state index is 0.0992. The lowest BCUT2D eigenvalue weighted by Gasteiger charge is -2.40. The number of aliphatic hydroxyl groups excluding tert-OH is 1. The zero-order valence-corrected chi connectivity index (χ0v) is 28.0. The van der Waals surface area contributed by atoms with E-state index in [0.717, 1.165) is 12.8 Å². The van der Waals surface area contributed by atoms with Crippen LogP contribution in [0.4, 0.5) is 5.69 Å². The quantitative estimate of drug-likeness (QED) is 0.265. The molecule has 0 aromatic heterocycles. The second-order valence-electron chi connectivity index (χ2n) is 13.5. The zero-order chi connectivity index (χ0) is 33.1. The van der Waals surface area contributed by atoms with Crippen LogP contribution in [-0.2, 0) is 19.1 Å². The van der Waals surface area contributed by atoms with Crippen molar-refractivity contribution in [3.05, 3.63) is 49.6 Å². The highest BCUT2D eigenvalue weighted by Crippen LogP contribution is 2.66. The molecule has 3 fully saturated rings. The third kappa shape index (κ3) is 6.06. The van der Waals surface area contributed by atoms with Gasteiger partial charge in [0, 0.05) is 25.3 Å². The number of rotatable bonds is 16. The molecule has 3 heterocycles. The second kappa shape index (κ2) is 14.1. The Morgan fingerprint density at radius 1 is 1.16 bits per heavy atom. The predicted octanol–water partition coefficient (Wildman–Crippen LogP) is 4.84. The Kier molecular flexibility index (Phi) is 10.9. The highest BCUT2D eigenvalue weighted by atomic mass is 16.5. The second-order valence-corrected chi connectivity index (χ2v) is 13.5. The van der Waals surface area contributed by atoms with Gasteiger partial charge in [-0.2, -0.15) is 0 Å². The highest BCUT2D eigenvalue weighted by Gasteiger charge is 2.80. The first-order valence-corrected chi connectivity index (χ1v) is 16.6. The molecule has 3 aliphatic heterocycles. The van der Waals surface area contributed by atoms with Gasteiger partial charge in [-0.05, 0) is 69.2 Å². The fraction of sp³-hybridized carbons (Fsp3) is 0.639. The molecule has 1 spiro atoms. The monoisotopic (exact) mass is 623 g/mol. The van der Waals surface area contributed by atoms with Crippen LogP contribution in [0.15, 0.2) is 49.6 Å². The Hall–Kier alpha value is -3.17. The van der Waals surface area contributed by atoms with E-state index in [2.05, 4.69) is 20.1 Å². The molecule has 1 N–H and O–H groups in total. The zero-order valence-electron chi connectivity index (χ0n) is 28.0. The van der Waals surface area contributed by atoms with Crippen molar-refractivity contribution in [1.82, 2.24) is 9.80 Å². The van der Waals surface area contributed by atoms with E-state index in [1.807, 2.05) is 58.9 Å². The molecule has 0 aliphatic carbocycles. The standard InChI is InChI=1S/C36H53N3O6/c1-9-13-20-37(18-10-2)34(43)31-36-22-25(7)35(8,45-36)29(30(36)33(42)39(31)27(23-40)21-24(5)6)32(41)38(19-11-3)26-14-16-28(17-15-26)44-12-4/h10-11,14-17,24-25,27,29-31,40H,2-3,9,12-13,18-23H2,1,4-8H3/t25?,27-,29+,30+,31?,35-,36?/m1/s1. The first-order valence-electron chi connectivity index (χ1n) is 16.6. The first kappa shape index (κ1) is 34.7. The van der Waals surface area contributed by atoms with E-state index in [-0.39, 0.29) is 42.7 Å². The number of aliphatic hydroxyl groups is 1. The van der Waals surface area contributed by atoms with E-state index >= 15 is 0 Å². The summed E-state index contributed by atoms with van der Waals surface area (Å²) >= 11 is 0. The minimum atomic E-state index is -1.20. The van der Waals surface area contributed by atoms with Crippen LogP contribution < -0.4 is 9.64 Å². The van der Waals surface area contributed by atoms with Crippen molar-refractivity contribution >= 4 is 23.4 Å². The smallest absolute Gasteiger partial charge is 0.248 e. The van der Waals surface area contributed by atoms with Crippen LogP contribution >= 0.6 is 0 Å². The van der Waals surface area contributed by atoms with Gasteiger partial charge in [-0.25, -0.2) is 0 Å². The Morgan fingerprint density at radius 3 is 2.38 bits per heavy atom. The van der Waals surface area contributed by atoms with Crippen LogP contribution in [0.3, 0.4) is 0 Å². The summed E-state index contributed by atoms with van der Waals surface area (Å²) in [4.78, 5) is 49.3. The van der Waals surface area contributed by atoms with Gasteiger partial charge in [0.25, 0.3) is 0 Å². The van der Waals surface area contributed by atoms with Gasteiger partial charge in [0.1, 0.15) is 17.4 Å². The largest absolute Gasteiger partial charge is 0.494 e. The number of carbonyl (C=O) groups excluding carboxylic acids is 3. The average molecular weight is 624 g/mol. The molecule has 3 aliphatic rings. The van der Waals surface area contributed by atoms with Gasteiger partial charge < -0.3 is 29.3 Å². The van der Waals surface area contributed by atoms with Crippen molar-refractivity contribution in [2.75, 3.05) is 37.7 Å². The van der Waals surface area contributed by atoms with Gasteiger partial charge >= 0.3 is 0 Å². The Balaban J connectivity index is 1.84. The minimum Gasteiger partial charge on any atom is -0.494 e.